The molecule has 4 nitrogen and oxygen atoms in total. The zero-order valence-electron chi connectivity index (χ0n) is 13.8. The minimum Gasteiger partial charge on any atom is -0.338 e. The highest BCUT2D eigenvalue weighted by molar-refractivity contribution is 5.79. The zero-order valence-corrected chi connectivity index (χ0v) is 13.8. The van der Waals surface area contributed by atoms with E-state index >= 15 is 0 Å². The Morgan fingerprint density at radius 3 is 2.71 bits per heavy atom. The van der Waals surface area contributed by atoms with Crippen LogP contribution in [-0.2, 0) is 17.8 Å². The van der Waals surface area contributed by atoms with E-state index in [0.717, 1.165) is 38.2 Å². The van der Waals surface area contributed by atoms with Crippen LogP contribution in [-0.4, -0.2) is 46.4 Å². The number of pyridine rings is 1. The van der Waals surface area contributed by atoms with Crippen molar-refractivity contribution in [3.8, 4) is 0 Å². The van der Waals surface area contributed by atoms with Crippen molar-refractivity contribution in [2.45, 2.75) is 25.4 Å². The van der Waals surface area contributed by atoms with Gasteiger partial charge in [0.05, 0.1) is 6.42 Å². The number of rotatable bonds is 4. The van der Waals surface area contributed by atoms with Crippen molar-refractivity contribution in [3.63, 3.8) is 0 Å². The maximum absolute atomic E-state index is 12.7. The molecule has 4 rings (SSSR count). The van der Waals surface area contributed by atoms with E-state index in [4.69, 9.17) is 0 Å². The predicted octanol–water partition coefficient (Wildman–Crippen LogP) is 2.36. The third-order valence-electron chi connectivity index (χ3n) is 5.27. The fraction of sp³-hybridized carbons (Fsp3) is 0.400. The molecule has 0 unspecified atom stereocenters. The number of hydrogen-bond donors (Lipinski definition) is 0. The smallest absolute Gasteiger partial charge is 0.227 e. The average Bonchev–Trinajstić information content (AvgIpc) is 3.16. The van der Waals surface area contributed by atoms with Crippen LogP contribution in [0.15, 0.2) is 54.9 Å². The van der Waals surface area contributed by atoms with Gasteiger partial charge < -0.3 is 4.90 Å². The Hall–Kier alpha value is -2.20. The molecule has 3 heterocycles. The molecule has 2 aromatic rings. The van der Waals surface area contributed by atoms with Crippen molar-refractivity contribution in [2.75, 3.05) is 19.6 Å². The Labute approximate surface area is 143 Å². The first kappa shape index (κ1) is 15.3. The number of carbonyl (C=O) groups is 1. The molecule has 1 aromatic carbocycles. The highest BCUT2D eigenvalue weighted by Gasteiger charge is 2.42. The molecule has 2 atom stereocenters. The van der Waals surface area contributed by atoms with E-state index in [-0.39, 0.29) is 5.91 Å². The van der Waals surface area contributed by atoms with Gasteiger partial charge in [-0.05, 0) is 29.5 Å². The number of fused-ring (bicyclic) bond motifs is 1. The first-order valence-corrected chi connectivity index (χ1v) is 8.74. The van der Waals surface area contributed by atoms with E-state index in [1.165, 1.54) is 5.56 Å². The van der Waals surface area contributed by atoms with Crippen molar-refractivity contribution < 1.29 is 4.79 Å². The lowest BCUT2D eigenvalue weighted by Gasteiger charge is -2.25. The zero-order chi connectivity index (χ0) is 16.4. The molecule has 0 radical (unpaired) electrons. The van der Waals surface area contributed by atoms with Gasteiger partial charge in [0.2, 0.25) is 5.91 Å². The van der Waals surface area contributed by atoms with Crippen LogP contribution in [0.2, 0.25) is 0 Å². The minimum absolute atomic E-state index is 0.275. The molecule has 0 bridgehead atoms. The van der Waals surface area contributed by atoms with Crippen molar-refractivity contribution in [1.82, 2.24) is 14.8 Å². The summed E-state index contributed by atoms with van der Waals surface area (Å²) in [5, 5.41) is 0. The summed E-state index contributed by atoms with van der Waals surface area (Å²) in [6.45, 7) is 3.93. The van der Waals surface area contributed by atoms with Gasteiger partial charge in [-0.2, -0.15) is 0 Å². The summed E-state index contributed by atoms with van der Waals surface area (Å²) >= 11 is 0. The molecule has 0 spiro atoms. The van der Waals surface area contributed by atoms with E-state index in [2.05, 4.69) is 20.9 Å². The number of likely N-dealkylation sites (tertiary alicyclic amines) is 2. The van der Waals surface area contributed by atoms with Crippen molar-refractivity contribution >= 4 is 5.91 Å². The minimum atomic E-state index is 0.275. The lowest BCUT2D eigenvalue weighted by Crippen LogP contribution is -2.40. The lowest BCUT2D eigenvalue weighted by molar-refractivity contribution is -0.131. The van der Waals surface area contributed by atoms with Crippen molar-refractivity contribution in [1.29, 1.82) is 0 Å². The van der Waals surface area contributed by atoms with Gasteiger partial charge >= 0.3 is 0 Å². The summed E-state index contributed by atoms with van der Waals surface area (Å²) in [7, 11) is 0. The van der Waals surface area contributed by atoms with E-state index < -0.39 is 0 Å². The van der Waals surface area contributed by atoms with Gasteiger partial charge in [0.1, 0.15) is 0 Å². The molecule has 1 amide bonds. The van der Waals surface area contributed by atoms with Gasteiger partial charge in [-0.15, -0.1) is 0 Å². The van der Waals surface area contributed by atoms with Gasteiger partial charge in [-0.3, -0.25) is 14.7 Å². The highest BCUT2D eigenvalue weighted by atomic mass is 16.2. The number of benzene rings is 1. The molecular formula is C20H23N3O. The molecule has 124 valence electrons. The first-order valence-electron chi connectivity index (χ1n) is 8.74. The number of carbonyl (C=O) groups excluding carboxylic acids is 1. The van der Waals surface area contributed by atoms with E-state index in [9.17, 15) is 4.79 Å². The van der Waals surface area contributed by atoms with Gasteiger partial charge in [0, 0.05) is 44.6 Å². The fourth-order valence-electron chi connectivity index (χ4n) is 4.11. The Bertz CT molecular complexity index is 689. The molecule has 4 heteroatoms. The van der Waals surface area contributed by atoms with Gasteiger partial charge in [-0.1, -0.05) is 36.4 Å². The van der Waals surface area contributed by atoms with Crippen LogP contribution in [0.25, 0.3) is 0 Å². The van der Waals surface area contributed by atoms with Crippen LogP contribution < -0.4 is 0 Å². The monoisotopic (exact) mass is 321 g/mol. The second-order valence-electron chi connectivity index (χ2n) is 6.92. The van der Waals surface area contributed by atoms with Crippen LogP contribution in [0, 0.1) is 5.92 Å². The third-order valence-corrected chi connectivity index (χ3v) is 5.27. The fourth-order valence-corrected chi connectivity index (χ4v) is 4.11. The molecule has 1 aromatic heterocycles. The lowest BCUT2D eigenvalue weighted by atomic mass is 10.0. The Kier molecular flexibility index (Phi) is 4.30. The molecule has 0 aliphatic carbocycles. The van der Waals surface area contributed by atoms with Crippen LogP contribution >= 0.6 is 0 Å². The largest absolute Gasteiger partial charge is 0.338 e. The van der Waals surface area contributed by atoms with Crippen LogP contribution in [0.1, 0.15) is 17.5 Å². The average molecular weight is 321 g/mol. The second kappa shape index (κ2) is 6.73. The van der Waals surface area contributed by atoms with E-state index in [1.807, 2.05) is 48.8 Å². The summed E-state index contributed by atoms with van der Waals surface area (Å²) in [5.74, 6) is 0.901. The van der Waals surface area contributed by atoms with Crippen molar-refractivity contribution in [2.24, 2.45) is 5.92 Å². The van der Waals surface area contributed by atoms with Crippen LogP contribution in [0.5, 0.6) is 0 Å². The molecule has 2 aliphatic rings. The quantitative estimate of drug-likeness (QED) is 0.867. The number of nitrogens with zero attached hydrogens (tertiary/aromatic N) is 3. The molecule has 0 N–H and O–H groups in total. The topological polar surface area (TPSA) is 36.4 Å². The normalized spacial score (nSPS) is 23.4. The molecule has 0 saturated carbocycles. The molecular weight excluding hydrogens is 298 g/mol. The summed E-state index contributed by atoms with van der Waals surface area (Å²) in [5.41, 5.74) is 2.36. The SMILES string of the molecule is O=C(Cc1ccccc1)N1CC[C@H]2CN(Cc3cccnc3)C[C@H]21. The number of hydrogen-bond acceptors (Lipinski definition) is 3. The highest BCUT2D eigenvalue weighted by Crippen LogP contribution is 2.32. The van der Waals surface area contributed by atoms with Gasteiger partial charge in [0.25, 0.3) is 0 Å². The Morgan fingerprint density at radius 1 is 1.08 bits per heavy atom. The van der Waals surface area contributed by atoms with Crippen LogP contribution in [0.3, 0.4) is 0 Å². The predicted molar refractivity (Wildman–Crippen MR) is 93.3 cm³/mol. The van der Waals surface area contributed by atoms with E-state index in [1.54, 1.807) is 0 Å². The summed E-state index contributed by atoms with van der Waals surface area (Å²) in [6, 6.07) is 14.6. The molecule has 2 aliphatic heterocycles. The number of aromatic nitrogens is 1. The summed E-state index contributed by atoms with van der Waals surface area (Å²) < 4.78 is 0. The Balaban J connectivity index is 1.38. The maximum Gasteiger partial charge on any atom is 0.227 e. The van der Waals surface area contributed by atoms with Crippen molar-refractivity contribution in [3.05, 3.63) is 66.0 Å². The number of amides is 1. The molecule has 24 heavy (non-hydrogen) atoms. The van der Waals surface area contributed by atoms with Gasteiger partial charge in [-0.25, -0.2) is 0 Å². The van der Waals surface area contributed by atoms with Crippen LogP contribution in [0.4, 0.5) is 0 Å². The van der Waals surface area contributed by atoms with Gasteiger partial charge in [0.15, 0.2) is 0 Å². The third kappa shape index (κ3) is 3.20. The summed E-state index contributed by atoms with van der Waals surface area (Å²) in [6.07, 6.45) is 5.40. The molecule has 2 saturated heterocycles. The summed E-state index contributed by atoms with van der Waals surface area (Å²) in [4.78, 5) is 21.5. The first-order chi connectivity index (χ1) is 11.8. The standard InChI is InChI=1S/C20H23N3O/c24-20(11-16-5-2-1-3-6-16)23-10-8-18-14-22(15-19(18)23)13-17-7-4-9-21-12-17/h1-7,9,12,18-19H,8,10-11,13-15H2/t18-,19+/m0/s1. The second-order valence-corrected chi connectivity index (χ2v) is 6.92. The Morgan fingerprint density at radius 2 is 1.92 bits per heavy atom. The maximum atomic E-state index is 12.7. The van der Waals surface area contributed by atoms with E-state index in [0.29, 0.717) is 18.4 Å². The molecule has 2 fully saturated rings.